The number of aryl methyl sites for hydroxylation is 2. The van der Waals surface area contributed by atoms with Crippen LogP contribution < -0.4 is 0 Å². The molecule has 0 aromatic heterocycles. The third kappa shape index (κ3) is 2.89. The first kappa shape index (κ1) is 13.8. The van der Waals surface area contributed by atoms with E-state index in [4.69, 9.17) is 0 Å². The summed E-state index contributed by atoms with van der Waals surface area (Å²) in [5, 5.41) is 0. The van der Waals surface area contributed by atoms with Crippen LogP contribution >= 0.6 is 0 Å². The molecule has 1 aromatic carbocycles. The second-order valence-electron chi connectivity index (χ2n) is 4.14. The van der Waals surface area contributed by atoms with E-state index in [0.717, 1.165) is 22.3 Å². The van der Waals surface area contributed by atoms with E-state index in [0.29, 0.717) is 5.56 Å². The molecule has 0 aliphatic carbocycles. The number of benzene rings is 1. The van der Waals surface area contributed by atoms with E-state index in [1.54, 1.807) is 0 Å². The Bertz CT molecular complexity index is 560. The summed E-state index contributed by atoms with van der Waals surface area (Å²) < 4.78 is 0. The SMILES string of the molecule is C=C(C)c1cc(C)cc(C)c1C(N=C=O)N=C=O. The number of isocyanates is 2. The molecule has 92 valence electrons. The summed E-state index contributed by atoms with van der Waals surface area (Å²) in [6, 6.07) is 3.87. The molecular weight excluding hydrogens is 228 g/mol. The Labute approximate surface area is 106 Å². The summed E-state index contributed by atoms with van der Waals surface area (Å²) in [4.78, 5) is 27.9. The number of aliphatic imine (C=N–C) groups is 2. The van der Waals surface area contributed by atoms with Gasteiger partial charge in [0.1, 0.15) is 0 Å². The van der Waals surface area contributed by atoms with Gasteiger partial charge in [0.25, 0.3) is 0 Å². The molecule has 1 aromatic rings. The largest absolute Gasteiger partial charge is 0.237 e. The molecule has 0 bridgehead atoms. The van der Waals surface area contributed by atoms with Crippen LogP contribution in [0.3, 0.4) is 0 Å². The quantitative estimate of drug-likeness (QED) is 0.602. The molecule has 18 heavy (non-hydrogen) atoms. The van der Waals surface area contributed by atoms with Crippen LogP contribution in [0, 0.1) is 13.8 Å². The van der Waals surface area contributed by atoms with Crippen molar-refractivity contribution in [2.75, 3.05) is 0 Å². The maximum absolute atomic E-state index is 10.4. The van der Waals surface area contributed by atoms with Crippen LogP contribution in [0.5, 0.6) is 0 Å². The van der Waals surface area contributed by atoms with Crippen LogP contribution in [0.25, 0.3) is 5.57 Å². The van der Waals surface area contributed by atoms with Crippen molar-refractivity contribution in [3.05, 3.63) is 41.0 Å². The van der Waals surface area contributed by atoms with Crippen molar-refractivity contribution >= 4 is 17.7 Å². The second kappa shape index (κ2) is 5.87. The van der Waals surface area contributed by atoms with E-state index in [-0.39, 0.29) is 0 Å². The molecule has 0 fully saturated rings. The van der Waals surface area contributed by atoms with Crippen molar-refractivity contribution in [2.45, 2.75) is 26.9 Å². The van der Waals surface area contributed by atoms with Gasteiger partial charge in [0.2, 0.25) is 12.2 Å². The van der Waals surface area contributed by atoms with Gasteiger partial charge in [-0.1, -0.05) is 29.8 Å². The zero-order valence-corrected chi connectivity index (χ0v) is 10.7. The van der Waals surface area contributed by atoms with Crippen LogP contribution in [0.1, 0.15) is 35.3 Å². The standard InChI is InChI=1S/C14H14N2O2/c1-9(2)12-6-10(3)5-11(4)13(12)14(15-7-17)16-8-18/h5-6,14H,1H2,2-4H3. The van der Waals surface area contributed by atoms with Crippen molar-refractivity contribution < 1.29 is 9.59 Å². The van der Waals surface area contributed by atoms with Gasteiger partial charge in [-0.3, -0.25) is 0 Å². The predicted molar refractivity (Wildman–Crippen MR) is 69.6 cm³/mol. The molecule has 0 atom stereocenters. The van der Waals surface area contributed by atoms with Crippen molar-refractivity contribution in [1.29, 1.82) is 0 Å². The van der Waals surface area contributed by atoms with E-state index in [1.165, 1.54) is 12.2 Å². The lowest BCUT2D eigenvalue weighted by Crippen LogP contribution is -2.01. The molecule has 0 heterocycles. The van der Waals surface area contributed by atoms with Crippen LogP contribution in [-0.2, 0) is 9.59 Å². The molecule has 0 aliphatic heterocycles. The number of hydrogen-bond acceptors (Lipinski definition) is 4. The van der Waals surface area contributed by atoms with E-state index < -0.39 is 6.17 Å². The average molecular weight is 242 g/mol. The van der Waals surface area contributed by atoms with E-state index in [2.05, 4.69) is 16.6 Å². The van der Waals surface area contributed by atoms with Gasteiger partial charge >= 0.3 is 0 Å². The molecule has 0 radical (unpaired) electrons. The third-order valence-corrected chi connectivity index (χ3v) is 2.60. The molecule has 1 rings (SSSR count). The van der Waals surface area contributed by atoms with E-state index in [9.17, 15) is 9.59 Å². The Morgan fingerprint density at radius 3 is 2.22 bits per heavy atom. The zero-order chi connectivity index (χ0) is 13.7. The Morgan fingerprint density at radius 2 is 1.78 bits per heavy atom. The highest BCUT2D eigenvalue weighted by molar-refractivity contribution is 5.67. The lowest BCUT2D eigenvalue weighted by atomic mass is 9.93. The molecule has 0 saturated carbocycles. The average Bonchev–Trinajstić information content (AvgIpc) is 2.27. The molecule has 0 N–H and O–H groups in total. The highest BCUT2D eigenvalue weighted by atomic mass is 16.1. The minimum Gasteiger partial charge on any atom is -0.211 e. The molecule has 4 heteroatoms. The van der Waals surface area contributed by atoms with Gasteiger partial charge in [-0.25, -0.2) is 9.59 Å². The normalized spacial score (nSPS) is 11.1. The number of allylic oxidation sites excluding steroid dienone is 1. The number of nitrogens with zero attached hydrogens (tertiary/aromatic N) is 2. The summed E-state index contributed by atoms with van der Waals surface area (Å²) in [5.74, 6) is 0. The fraction of sp³-hybridized carbons (Fsp3) is 0.286. The topological polar surface area (TPSA) is 58.9 Å². The van der Waals surface area contributed by atoms with Crippen molar-refractivity contribution in [3.63, 3.8) is 0 Å². The minimum atomic E-state index is -0.896. The summed E-state index contributed by atoms with van der Waals surface area (Å²) >= 11 is 0. The number of rotatable bonds is 4. The van der Waals surface area contributed by atoms with Crippen LogP contribution in [0.2, 0.25) is 0 Å². The fourth-order valence-corrected chi connectivity index (χ4v) is 1.93. The van der Waals surface area contributed by atoms with E-state index in [1.807, 2.05) is 32.9 Å². The van der Waals surface area contributed by atoms with Gasteiger partial charge in [-0.15, -0.1) is 0 Å². The van der Waals surface area contributed by atoms with Gasteiger partial charge < -0.3 is 0 Å². The summed E-state index contributed by atoms with van der Waals surface area (Å²) in [7, 11) is 0. The van der Waals surface area contributed by atoms with Crippen LogP contribution in [0.4, 0.5) is 0 Å². The smallest absolute Gasteiger partial charge is 0.211 e. The van der Waals surface area contributed by atoms with E-state index >= 15 is 0 Å². The Hall–Kier alpha value is -2.28. The summed E-state index contributed by atoms with van der Waals surface area (Å²) in [5.41, 5.74) is 4.33. The first-order valence-corrected chi connectivity index (χ1v) is 5.42. The first-order chi connectivity index (χ1) is 8.51. The molecule has 0 spiro atoms. The molecule has 0 saturated heterocycles. The second-order valence-corrected chi connectivity index (χ2v) is 4.14. The van der Waals surface area contributed by atoms with Crippen molar-refractivity contribution in [2.24, 2.45) is 9.98 Å². The number of hydrogen-bond donors (Lipinski definition) is 0. The van der Waals surface area contributed by atoms with Gasteiger partial charge in [-0.2, -0.15) is 9.98 Å². The van der Waals surface area contributed by atoms with Gasteiger partial charge in [0, 0.05) is 5.56 Å². The maximum Gasteiger partial charge on any atom is 0.237 e. The summed E-state index contributed by atoms with van der Waals surface area (Å²) in [6.07, 6.45) is 1.97. The lowest BCUT2D eigenvalue weighted by Gasteiger charge is -2.15. The van der Waals surface area contributed by atoms with Gasteiger partial charge in [0.15, 0.2) is 6.17 Å². The maximum atomic E-state index is 10.4. The number of carbonyl (C=O) groups excluding carboxylic acids is 2. The molecule has 0 unspecified atom stereocenters. The lowest BCUT2D eigenvalue weighted by molar-refractivity contribution is 0.551. The summed E-state index contributed by atoms with van der Waals surface area (Å²) in [6.45, 7) is 9.58. The van der Waals surface area contributed by atoms with Crippen LogP contribution in [-0.4, -0.2) is 12.2 Å². The third-order valence-electron chi connectivity index (χ3n) is 2.60. The Kier molecular flexibility index (Phi) is 4.50. The Morgan fingerprint density at radius 1 is 1.22 bits per heavy atom. The monoisotopic (exact) mass is 242 g/mol. The predicted octanol–water partition coefficient (Wildman–Crippen LogP) is 3.01. The Balaban J connectivity index is 3.59. The fourth-order valence-electron chi connectivity index (χ4n) is 1.93. The van der Waals surface area contributed by atoms with Crippen molar-refractivity contribution in [1.82, 2.24) is 0 Å². The molecular formula is C14H14N2O2. The highest BCUT2D eigenvalue weighted by Crippen LogP contribution is 2.31. The van der Waals surface area contributed by atoms with Crippen LogP contribution in [0.15, 0.2) is 28.7 Å². The molecule has 0 amide bonds. The minimum absolute atomic E-state index is 0.694. The van der Waals surface area contributed by atoms with Gasteiger partial charge in [0.05, 0.1) is 0 Å². The molecule has 0 aliphatic rings. The first-order valence-electron chi connectivity index (χ1n) is 5.42. The molecule has 4 nitrogen and oxygen atoms in total. The highest BCUT2D eigenvalue weighted by Gasteiger charge is 2.17. The zero-order valence-electron chi connectivity index (χ0n) is 10.7. The van der Waals surface area contributed by atoms with Crippen molar-refractivity contribution in [3.8, 4) is 0 Å². The van der Waals surface area contributed by atoms with Gasteiger partial charge in [-0.05, 0) is 31.9 Å².